The standard InChI is InChI=1S/C11H10BrF2N3/c1-15-5-11-8(12)6-17(16-11)7-2-3-9(13)10(14)4-7/h2-4,6,15H,5H2,1H3. The van der Waals surface area contributed by atoms with Crippen LogP contribution in [0.2, 0.25) is 0 Å². The molecule has 0 aliphatic carbocycles. The minimum atomic E-state index is -0.885. The molecule has 0 saturated heterocycles. The van der Waals surface area contributed by atoms with E-state index in [9.17, 15) is 8.78 Å². The van der Waals surface area contributed by atoms with Gasteiger partial charge in [-0.25, -0.2) is 13.5 Å². The third-order valence-corrected chi connectivity index (χ3v) is 2.91. The maximum Gasteiger partial charge on any atom is 0.160 e. The first-order valence-corrected chi connectivity index (χ1v) is 5.75. The molecule has 0 atom stereocenters. The topological polar surface area (TPSA) is 29.9 Å². The van der Waals surface area contributed by atoms with Gasteiger partial charge in [0.25, 0.3) is 0 Å². The molecule has 3 nitrogen and oxygen atoms in total. The zero-order valence-electron chi connectivity index (χ0n) is 9.04. The molecule has 0 fully saturated rings. The number of benzene rings is 1. The van der Waals surface area contributed by atoms with Crippen LogP contribution in [0.5, 0.6) is 0 Å². The second-order valence-corrected chi connectivity index (χ2v) is 4.35. The molecule has 1 aromatic carbocycles. The predicted molar refractivity (Wildman–Crippen MR) is 63.9 cm³/mol. The average Bonchev–Trinajstić information content (AvgIpc) is 2.65. The Kier molecular flexibility index (Phi) is 3.54. The van der Waals surface area contributed by atoms with Crippen LogP contribution in [0.1, 0.15) is 5.69 Å². The van der Waals surface area contributed by atoms with Gasteiger partial charge in [-0.05, 0) is 35.1 Å². The first kappa shape index (κ1) is 12.2. The highest BCUT2D eigenvalue weighted by atomic mass is 79.9. The fourth-order valence-electron chi connectivity index (χ4n) is 1.44. The van der Waals surface area contributed by atoms with Crippen LogP contribution in [0, 0.1) is 11.6 Å². The van der Waals surface area contributed by atoms with E-state index >= 15 is 0 Å². The van der Waals surface area contributed by atoms with Crippen molar-refractivity contribution in [2.75, 3.05) is 7.05 Å². The second kappa shape index (κ2) is 4.93. The highest BCUT2D eigenvalue weighted by Crippen LogP contribution is 2.19. The van der Waals surface area contributed by atoms with E-state index in [4.69, 9.17) is 0 Å². The van der Waals surface area contributed by atoms with Gasteiger partial charge in [-0.2, -0.15) is 5.10 Å². The Morgan fingerprint density at radius 3 is 2.76 bits per heavy atom. The van der Waals surface area contributed by atoms with E-state index in [1.807, 2.05) is 7.05 Å². The summed E-state index contributed by atoms with van der Waals surface area (Å²) in [6.07, 6.45) is 1.71. The lowest BCUT2D eigenvalue weighted by Crippen LogP contribution is -2.07. The first-order chi connectivity index (χ1) is 8.11. The van der Waals surface area contributed by atoms with Crippen LogP contribution < -0.4 is 5.32 Å². The van der Waals surface area contributed by atoms with E-state index in [0.717, 1.165) is 22.3 Å². The summed E-state index contributed by atoms with van der Waals surface area (Å²) < 4.78 is 28.2. The molecule has 6 heteroatoms. The smallest absolute Gasteiger partial charge is 0.160 e. The lowest BCUT2D eigenvalue weighted by Gasteiger charge is -2.01. The number of aromatic nitrogens is 2. The summed E-state index contributed by atoms with van der Waals surface area (Å²) in [5.41, 5.74) is 1.28. The van der Waals surface area contributed by atoms with Crippen molar-refractivity contribution in [1.82, 2.24) is 15.1 Å². The second-order valence-electron chi connectivity index (χ2n) is 3.50. The summed E-state index contributed by atoms with van der Waals surface area (Å²) in [5.74, 6) is -1.75. The number of halogens is 3. The van der Waals surface area contributed by atoms with Gasteiger partial charge < -0.3 is 5.32 Å². The van der Waals surface area contributed by atoms with Crippen LogP contribution in [0.15, 0.2) is 28.9 Å². The Labute approximate surface area is 106 Å². The zero-order chi connectivity index (χ0) is 12.4. The van der Waals surface area contributed by atoms with E-state index in [-0.39, 0.29) is 0 Å². The van der Waals surface area contributed by atoms with Gasteiger partial charge in [-0.15, -0.1) is 0 Å². The molecule has 2 aromatic rings. The molecule has 17 heavy (non-hydrogen) atoms. The van der Waals surface area contributed by atoms with Crippen LogP contribution in [0.3, 0.4) is 0 Å². The van der Waals surface area contributed by atoms with E-state index in [2.05, 4.69) is 26.3 Å². The molecule has 0 bridgehead atoms. The molecule has 0 spiro atoms. The van der Waals surface area contributed by atoms with Crippen molar-refractivity contribution >= 4 is 15.9 Å². The Balaban J connectivity index is 2.39. The van der Waals surface area contributed by atoms with E-state index in [1.54, 1.807) is 6.20 Å². The quantitative estimate of drug-likeness (QED) is 0.944. The molecule has 0 unspecified atom stereocenters. The molecule has 2 rings (SSSR count). The van der Waals surface area contributed by atoms with Crippen LogP contribution in [-0.2, 0) is 6.54 Å². The van der Waals surface area contributed by atoms with Gasteiger partial charge in [0.15, 0.2) is 11.6 Å². The third-order valence-electron chi connectivity index (χ3n) is 2.25. The van der Waals surface area contributed by atoms with Crippen molar-refractivity contribution < 1.29 is 8.78 Å². The number of nitrogens with zero attached hydrogens (tertiary/aromatic N) is 2. The Morgan fingerprint density at radius 2 is 2.12 bits per heavy atom. The normalized spacial score (nSPS) is 10.8. The maximum absolute atomic E-state index is 13.1. The number of nitrogens with one attached hydrogen (secondary N) is 1. The molecular weight excluding hydrogens is 292 g/mol. The van der Waals surface area contributed by atoms with Crippen LogP contribution in [0.25, 0.3) is 5.69 Å². The summed E-state index contributed by atoms with van der Waals surface area (Å²) in [6.45, 7) is 0.595. The fourth-order valence-corrected chi connectivity index (χ4v) is 1.85. The van der Waals surface area contributed by atoms with E-state index in [1.165, 1.54) is 10.7 Å². The Hall–Kier alpha value is -1.27. The maximum atomic E-state index is 13.1. The summed E-state index contributed by atoms with van der Waals surface area (Å²) in [4.78, 5) is 0. The van der Waals surface area contributed by atoms with E-state index in [0.29, 0.717) is 12.2 Å². The summed E-state index contributed by atoms with van der Waals surface area (Å²) in [5, 5.41) is 7.23. The average molecular weight is 302 g/mol. The molecule has 1 N–H and O–H groups in total. The van der Waals surface area contributed by atoms with Gasteiger partial charge in [0.2, 0.25) is 0 Å². The monoisotopic (exact) mass is 301 g/mol. The van der Waals surface area contributed by atoms with Crippen molar-refractivity contribution in [1.29, 1.82) is 0 Å². The van der Waals surface area contributed by atoms with Crippen LogP contribution in [-0.4, -0.2) is 16.8 Å². The fraction of sp³-hybridized carbons (Fsp3) is 0.182. The van der Waals surface area contributed by atoms with Crippen molar-refractivity contribution in [3.05, 3.63) is 46.2 Å². The highest BCUT2D eigenvalue weighted by molar-refractivity contribution is 9.10. The number of rotatable bonds is 3. The van der Waals surface area contributed by atoms with Gasteiger partial charge in [0, 0.05) is 18.8 Å². The molecule has 1 aromatic heterocycles. The van der Waals surface area contributed by atoms with Crippen molar-refractivity contribution in [2.24, 2.45) is 0 Å². The van der Waals surface area contributed by atoms with Crippen LogP contribution in [0.4, 0.5) is 8.78 Å². The van der Waals surface area contributed by atoms with Gasteiger partial charge in [0.1, 0.15) is 0 Å². The molecule has 90 valence electrons. The van der Waals surface area contributed by atoms with Crippen molar-refractivity contribution in [2.45, 2.75) is 6.54 Å². The lowest BCUT2D eigenvalue weighted by molar-refractivity contribution is 0.507. The number of hydrogen-bond acceptors (Lipinski definition) is 2. The van der Waals surface area contributed by atoms with Gasteiger partial charge in [-0.1, -0.05) is 0 Å². The minimum Gasteiger partial charge on any atom is -0.314 e. The molecular formula is C11H10BrF2N3. The van der Waals surface area contributed by atoms with E-state index < -0.39 is 11.6 Å². The molecule has 0 saturated carbocycles. The minimum absolute atomic E-state index is 0.479. The van der Waals surface area contributed by atoms with Gasteiger partial charge in [0.05, 0.1) is 15.9 Å². The SMILES string of the molecule is CNCc1nn(-c2ccc(F)c(F)c2)cc1Br. The largest absolute Gasteiger partial charge is 0.314 e. The third kappa shape index (κ3) is 2.53. The van der Waals surface area contributed by atoms with Gasteiger partial charge >= 0.3 is 0 Å². The molecule has 0 radical (unpaired) electrons. The molecule has 1 heterocycles. The Morgan fingerprint density at radius 1 is 1.35 bits per heavy atom. The van der Waals surface area contributed by atoms with Gasteiger partial charge in [-0.3, -0.25) is 0 Å². The highest BCUT2D eigenvalue weighted by Gasteiger charge is 2.09. The zero-order valence-corrected chi connectivity index (χ0v) is 10.6. The summed E-state index contributed by atoms with van der Waals surface area (Å²) in [6, 6.07) is 3.66. The van der Waals surface area contributed by atoms with Crippen molar-refractivity contribution in [3.63, 3.8) is 0 Å². The Bertz CT molecular complexity index is 540. The molecule has 0 aliphatic heterocycles. The van der Waals surface area contributed by atoms with Crippen molar-refractivity contribution in [3.8, 4) is 5.69 Å². The first-order valence-electron chi connectivity index (χ1n) is 4.96. The number of hydrogen-bond donors (Lipinski definition) is 1. The molecule has 0 amide bonds. The summed E-state index contributed by atoms with van der Waals surface area (Å²) in [7, 11) is 1.81. The molecule has 0 aliphatic rings. The van der Waals surface area contributed by atoms with Crippen LogP contribution >= 0.6 is 15.9 Å². The predicted octanol–water partition coefficient (Wildman–Crippen LogP) is 2.63. The summed E-state index contributed by atoms with van der Waals surface area (Å²) >= 11 is 3.36. The lowest BCUT2D eigenvalue weighted by atomic mass is 10.3.